The van der Waals surface area contributed by atoms with Crippen LogP contribution in [-0.2, 0) is 23.2 Å². The summed E-state index contributed by atoms with van der Waals surface area (Å²) < 4.78 is 56.4. The van der Waals surface area contributed by atoms with Gasteiger partial charge in [-0.3, -0.25) is 0 Å². The van der Waals surface area contributed by atoms with Gasteiger partial charge in [0.2, 0.25) is 0 Å². The fourth-order valence-corrected chi connectivity index (χ4v) is 4.31. The summed E-state index contributed by atoms with van der Waals surface area (Å²) in [6.07, 6.45) is 0. The maximum absolute atomic E-state index is 13.3. The first kappa shape index (κ1) is 24.9. The fraction of sp³-hybridized carbons (Fsp3) is 0.0741. The summed E-state index contributed by atoms with van der Waals surface area (Å²) in [5.74, 6) is -0.855. The number of amides is 2. The molecule has 2 amide bonds. The lowest BCUT2D eigenvalue weighted by molar-refractivity contribution is 0.206. The minimum absolute atomic E-state index is 0.0712. The highest BCUT2D eigenvalue weighted by molar-refractivity contribution is 7.87. The van der Waals surface area contributed by atoms with Gasteiger partial charge < -0.3 is 14.4 Å². The molecule has 0 fully saturated rings. The molecule has 0 heterocycles. The lowest BCUT2D eigenvalue weighted by Crippen LogP contribution is -2.34. The third kappa shape index (κ3) is 6.67. The average molecular weight is 509 g/mol. The molecule has 184 valence electrons. The molecule has 9 heteroatoms. The molecule has 0 aliphatic heterocycles. The first-order valence-electron chi connectivity index (χ1n) is 10.9. The van der Waals surface area contributed by atoms with Crippen LogP contribution < -0.4 is 9.50 Å². The van der Waals surface area contributed by atoms with Gasteiger partial charge in [-0.25, -0.2) is 13.6 Å². The lowest BCUT2D eigenvalue weighted by Gasteiger charge is -2.23. The smallest absolute Gasteiger partial charge is 0.339 e. The molecular weight excluding hydrogens is 486 g/mol. The maximum Gasteiger partial charge on any atom is 0.339 e. The zero-order chi connectivity index (χ0) is 25.5. The second-order valence-electron chi connectivity index (χ2n) is 7.91. The van der Waals surface area contributed by atoms with Crippen molar-refractivity contribution in [3.8, 4) is 5.75 Å². The topological polar surface area (TPSA) is 75.7 Å². The van der Waals surface area contributed by atoms with E-state index >= 15 is 0 Å². The number of hydrogen-bond acceptors (Lipinski definition) is 4. The molecule has 0 bridgehead atoms. The molecule has 0 aliphatic rings. The molecule has 0 unspecified atom stereocenters. The van der Waals surface area contributed by atoms with Crippen LogP contribution in [0.4, 0.5) is 19.3 Å². The van der Waals surface area contributed by atoms with Crippen LogP contribution in [0.2, 0.25) is 0 Å². The summed E-state index contributed by atoms with van der Waals surface area (Å²) in [4.78, 5) is 14.4. The van der Waals surface area contributed by atoms with Crippen LogP contribution in [0.3, 0.4) is 0 Å². The van der Waals surface area contributed by atoms with Gasteiger partial charge in [0.1, 0.15) is 22.3 Å². The van der Waals surface area contributed by atoms with Gasteiger partial charge in [-0.2, -0.15) is 8.42 Å². The van der Waals surface area contributed by atoms with Crippen molar-refractivity contribution in [3.63, 3.8) is 0 Å². The van der Waals surface area contributed by atoms with Crippen molar-refractivity contribution in [3.05, 3.63) is 126 Å². The van der Waals surface area contributed by atoms with Crippen molar-refractivity contribution >= 4 is 21.8 Å². The van der Waals surface area contributed by atoms with E-state index in [1.807, 2.05) is 6.07 Å². The van der Waals surface area contributed by atoms with Crippen LogP contribution >= 0.6 is 0 Å². The maximum atomic E-state index is 13.3. The molecule has 0 aliphatic carbocycles. The third-order valence-electron chi connectivity index (χ3n) is 5.20. The Balaban J connectivity index is 1.49. The van der Waals surface area contributed by atoms with E-state index in [0.29, 0.717) is 11.3 Å². The number of carbonyl (C=O) groups is 1. The molecule has 0 saturated carbocycles. The van der Waals surface area contributed by atoms with Crippen molar-refractivity contribution in [1.82, 2.24) is 4.90 Å². The number of urea groups is 1. The zero-order valence-corrected chi connectivity index (χ0v) is 19.8. The number of nitrogens with zero attached hydrogens (tertiary/aromatic N) is 1. The predicted octanol–water partition coefficient (Wildman–Crippen LogP) is 5.97. The van der Waals surface area contributed by atoms with Crippen molar-refractivity contribution in [2.24, 2.45) is 0 Å². The molecule has 6 nitrogen and oxygen atoms in total. The Morgan fingerprint density at radius 2 is 1.22 bits per heavy atom. The number of anilines is 1. The predicted molar refractivity (Wildman–Crippen MR) is 132 cm³/mol. The average Bonchev–Trinajstić information content (AvgIpc) is 2.87. The van der Waals surface area contributed by atoms with E-state index in [2.05, 4.69) is 5.32 Å². The van der Waals surface area contributed by atoms with Gasteiger partial charge in [0.05, 0.1) is 0 Å². The largest absolute Gasteiger partial charge is 0.379 e. The SMILES string of the molecule is O=C(Nc1ccccc1)N(Cc1ccc(F)cc1)Cc1ccc(OS(=O)(=O)c2ccc(F)cc2)cc1. The summed E-state index contributed by atoms with van der Waals surface area (Å²) in [6, 6.07) is 25.0. The molecule has 4 rings (SSSR count). The summed E-state index contributed by atoms with van der Waals surface area (Å²) in [7, 11) is -4.13. The Kier molecular flexibility index (Phi) is 7.60. The van der Waals surface area contributed by atoms with Crippen LogP contribution in [0.15, 0.2) is 108 Å². The monoisotopic (exact) mass is 508 g/mol. The Morgan fingerprint density at radius 1 is 0.722 bits per heavy atom. The van der Waals surface area contributed by atoms with E-state index in [-0.39, 0.29) is 35.6 Å². The van der Waals surface area contributed by atoms with Crippen LogP contribution in [0.1, 0.15) is 11.1 Å². The molecule has 0 spiro atoms. The zero-order valence-electron chi connectivity index (χ0n) is 19.0. The minimum Gasteiger partial charge on any atom is -0.379 e. The molecule has 36 heavy (non-hydrogen) atoms. The summed E-state index contributed by atoms with van der Waals surface area (Å²) >= 11 is 0. The van der Waals surface area contributed by atoms with Gasteiger partial charge in [0.15, 0.2) is 0 Å². The molecule has 0 saturated heterocycles. The molecule has 1 N–H and O–H groups in total. The summed E-state index contributed by atoms with van der Waals surface area (Å²) in [5, 5.41) is 2.84. The second-order valence-corrected chi connectivity index (χ2v) is 9.46. The van der Waals surface area contributed by atoms with E-state index in [1.54, 1.807) is 53.4 Å². The van der Waals surface area contributed by atoms with E-state index in [0.717, 1.165) is 29.8 Å². The number of nitrogens with one attached hydrogen (secondary N) is 1. The second kappa shape index (κ2) is 11.0. The summed E-state index contributed by atoms with van der Waals surface area (Å²) in [5.41, 5.74) is 2.08. The van der Waals surface area contributed by atoms with E-state index in [1.165, 1.54) is 24.3 Å². The van der Waals surface area contributed by atoms with E-state index in [4.69, 9.17) is 4.18 Å². The highest BCUT2D eigenvalue weighted by Crippen LogP contribution is 2.21. The van der Waals surface area contributed by atoms with Gasteiger partial charge >= 0.3 is 16.1 Å². The quantitative estimate of drug-likeness (QED) is 0.298. The summed E-state index contributed by atoms with van der Waals surface area (Å²) in [6.45, 7) is 0.414. The molecular formula is C27H22F2N2O4S. The highest BCUT2D eigenvalue weighted by Gasteiger charge is 2.18. The third-order valence-corrected chi connectivity index (χ3v) is 6.47. The van der Waals surface area contributed by atoms with Crippen molar-refractivity contribution in [2.75, 3.05) is 5.32 Å². The van der Waals surface area contributed by atoms with Crippen LogP contribution in [0.5, 0.6) is 5.75 Å². The molecule has 0 atom stereocenters. The molecule has 4 aromatic rings. The normalized spacial score (nSPS) is 11.1. The molecule has 0 aromatic heterocycles. The Bertz CT molecular complexity index is 1410. The highest BCUT2D eigenvalue weighted by atomic mass is 32.2. The first-order valence-corrected chi connectivity index (χ1v) is 12.3. The fourth-order valence-electron chi connectivity index (χ4n) is 3.38. The number of para-hydroxylation sites is 1. The van der Waals surface area contributed by atoms with Gasteiger partial charge in [-0.15, -0.1) is 0 Å². The standard InChI is InChI=1S/C27H22F2N2O4S/c28-22-10-6-20(7-11-22)18-31(27(32)30-24-4-2-1-3-5-24)19-21-8-14-25(15-9-21)35-36(33,34)26-16-12-23(29)13-17-26/h1-17H,18-19H2,(H,30,32). The Hall–Kier alpha value is -4.24. The molecule has 4 aromatic carbocycles. The van der Waals surface area contributed by atoms with Gasteiger partial charge in [-0.05, 0) is 71.8 Å². The van der Waals surface area contributed by atoms with Crippen molar-refractivity contribution in [1.29, 1.82) is 0 Å². The first-order chi connectivity index (χ1) is 17.3. The van der Waals surface area contributed by atoms with Crippen molar-refractivity contribution < 1.29 is 26.2 Å². The van der Waals surface area contributed by atoms with Gasteiger partial charge in [-0.1, -0.05) is 42.5 Å². The number of benzene rings is 4. The number of halogens is 2. The van der Waals surface area contributed by atoms with Gasteiger partial charge in [0.25, 0.3) is 0 Å². The van der Waals surface area contributed by atoms with Gasteiger partial charge in [0, 0.05) is 18.8 Å². The van der Waals surface area contributed by atoms with E-state index < -0.39 is 15.9 Å². The number of rotatable bonds is 8. The minimum atomic E-state index is -4.13. The molecule has 0 radical (unpaired) electrons. The van der Waals surface area contributed by atoms with Crippen molar-refractivity contribution in [2.45, 2.75) is 18.0 Å². The van der Waals surface area contributed by atoms with E-state index in [9.17, 15) is 22.0 Å². The van der Waals surface area contributed by atoms with Crippen LogP contribution in [0, 0.1) is 11.6 Å². The van der Waals surface area contributed by atoms with Crippen LogP contribution in [0.25, 0.3) is 0 Å². The van der Waals surface area contributed by atoms with Crippen LogP contribution in [-0.4, -0.2) is 19.3 Å². The lowest BCUT2D eigenvalue weighted by atomic mass is 10.1. The Labute approximate surface area is 207 Å². The Morgan fingerprint density at radius 3 is 1.78 bits per heavy atom. The number of hydrogen-bond donors (Lipinski definition) is 1. The number of carbonyl (C=O) groups excluding carboxylic acids is 1.